The molecule has 1 atom stereocenters. The number of amides is 1. The number of rotatable bonds is 6. The van der Waals surface area contributed by atoms with Gasteiger partial charge in [-0.05, 0) is 32.0 Å². The topological polar surface area (TPSA) is 96.4 Å². The van der Waals surface area contributed by atoms with Gasteiger partial charge >= 0.3 is 18.1 Å². The highest BCUT2D eigenvalue weighted by Gasteiger charge is 2.44. The minimum Gasteiger partial charge on any atom is -0.459 e. The minimum atomic E-state index is -4.86. The molecule has 0 saturated carbocycles. The van der Waals surface area contributed by atoms with Crippen molar-refractivity contribution in [3.8, 4) is 0 Å². The fraction of sp³-hybridized carbons (Fsp3) is 0.350. The van der Waals surface area contributed by atoms with E-state index in [2.05, 4.69) is 6.58 Å². The first-order chi connectivity index (χ1) is 14.7. The molecule has 1 amide bonds. The van der Waals surface area contributed by atoms with Crippen LogP contribution in [0.4, 0.5) is 18.9 Å². The summed E-state index contributed by atoms with van der Waals surface area (Å²) in [6.07, 6.45) is -5.23. The Morgan fingerprint density at radius 3 is 2.50 bits per heavy atom. The maximum absolute atomic E-state index is 13.1. The first-order valence-electron chi connectivity index (χ1n) is 9.04. The number of hydrogen-bond acceptors (Lipinski definition) is 7. The van der Waals surface area contributed by atoms with Crippen molar-refractivity contribution in [3.63, 3.8) is 0 Å². The predicted molar refractivity (Wildman–Crippen MR) is 107 cm³/mol. The Balaban J connectivity index is 2.36. The molecule has 174 valence electrons. The number of hydrogen-bond donors (Lipinski definition) is 1. The van der Waals surface area contributed by atoms with Crippen molar-refractivity contribution >= 4 is 35.1 Å². The van der Waals surface area contributed by atoms with Crippen LogP contribution in [0.2, 0.25) is 5.02 Å². The van der Waals surface area contributed by atoms with Crippen molar-refractivity contribution < 1.29 is 42.1 Å². The number of carbonyl (C=O) groups excluding carboxylic acids is 3. The van der Waals surface area contributed by atoms with Crippen LogP contribution in [0, 0.1) is 0 Å². The van der Waals surface area contributed by atoms with Gasteiger partial charge in [0.2, 0.25) is 12.0 Å². The van der Waals surface area contributed by atoms with Gasteiger partial charge in [-0.15, -0.1) is 0 Å². The van der Waals surface area contributed by atoms with Gasteiger partial charge in [-0.25, -0.2) is 9.59 Å². The zero-order valence-electron chi connectivity index (χ0n) is 17.3. The molecule has 0 aromatic heterocycles. The quantitative estimate of drug-likeness (QED) is 0.498. The van der Waals surface area contributed by atoms with Crippen LogP contribution in [-0.2, 0) is 19.1 Å². The Morgan fingerprint density at radius 2 is 1.94 bits per heavy atom. The van der Waals surface area contributed by atoms with Crippen LogP contribution in [0.3, 0.4) is 0 Å². The van der Waals surface area contributed by atoms with Gasteiger partial charge < -0.3 is 19.5 Å². The fourth-order valence-corrected chi connectivity index (χ4v) is 2.89. The molecular formula is C20H20ClF3N2O6. The van der Waals surface area contributed by atoms with Gasteiger partial charge in [0.05, 0.1) is 10.6 Å². The summed E-state index contributed by atoms with van der Waals surface area (Å²) in [6, 6.07) is 3.47. The van der Waals surface area contributed by atoms with Crippen molar-refractivity contribution in [3.05, 3.63) is 53.2 Å². The van der Waals surface area contributed by atoms with E-state index < -0.39 is 41.7 Å². The minimum absolute atomic E-state index is 0.105. The molecule has 1 N–H and O–H groups in total. The van der Waals surface area contributed by atoms with Gasteiger partial charge in [-0.2, -0.15) is 13.2 Å². The highest BCUT2D eigenvalue weighted by molar-refractivity contribution is 6.33. The highest BCUT2D eigenvalue weighted by atomic mass is 35.5. The van der Waals surface area contributed by atoms with Gasteiger partial charge in [0, 0.05) is 18.8 Å². The smallest absolute Gasteiger partial charge is 0.431 e. The lowest BCUT2D eigenvalue weighted by molar-refractivity contribution is -0.161. The Bertz CT molecular complexity index is 977. The molecule has 1 aliphatic rings. The van der Waals surface area contributed by atoms with Crippen LogP contribution >= 0.6 is 11.6 Å². The summed E-state index contributed by atoms with van der Waals surface area (Å²) < 4.78 is 49.3. The van der Waals surface area contributed by atoms with Crippen LogP contribution in [0.1, 0.15) is 24.2 Å². The molecule has 1 unspecified atom stereocenters. The lowest BCUT2D eigenvalue weighted by Crippen LogP contribution is -2.54. The predicted octanol–water partition coefficient (Wildman–Crippen LogP) is 3.01. The number of esters is 2. The number of allylic oxidation sites excluding steroid dienone is 1. The van der Waals surface area contributed by atoms with E-state index in [4.69, 9.17) is 21.1 Å². The van der Waals surface area contributed by atoms with E-state index in [1.54, 1.807) is 0 Å². The van der Waals surface area contributed by atoms with E-state index in [1.165, 1.54) is 32.1 Å². The zero-order chi connectivity index (χ0) is 24.4. The van der Waals surface area contributed by atoms with E-state index in [-0.39, 0.29) is 22.9 Å². The lowest BCUT2D eigenvalue weighted by atomic mass is 10.1. The molecule has 1 heterocycles. The average molecular weight is 477 g/mol. The van der Waals surface area contributed by atoms with E-state index in [9.17, 15) is 32.7 Å². The molecule has 1 aromatic rings. The molecule has 2 rings (SSSR count). The third-order valence-corrected chi connectivity index (χ3v) is 4.69. The van der Waals surface area contributed by atoms with Gasteiger partial charge in [0.1, 0.15) is 12.3 Å². The second kappa shape index (κ2) is 9.21. The average Bonchev–Trinajstić information content (AvgIpc) is 2.68. The van der Waals surface area contributed by atoms with Crippen molar-refractivity contribution in [2.45, 2.75) is 32.0 Å². The molecule has 32 heavy (non-hydrogen) atoms. The number of ether oxygens (including phenoxy) is 2. The summed E-state index contributed by atoms with van der Waals surface area (Å²) >= 11 is 6.04. The number of carbonyl (C=O) groups is 3. The van der Waals surface area contributed by atoms with Gasteiger partial charge in [-0.1, -0.05) is 24.3 Å². The van der Waals surface area contributed by atoms with Crippen LogP contribution in [0.25, 0.3) is 0 Å². The molecule has 0 saturated heterocycles. The number of halogens is 4. The van der Waals surface area contributed by atoms with E-state index in [0.717, 1.165) is 13.1 Å². The standard InChI is InChI=1S/C20H20ClF3N2O6/c1-5-8-31-17(29)19(2,3)32-16(28)12-9-11(6-7-13(12)21)26-15(27)10-14(20(22,23)24)25(4)18(26)30/h5-7,9-10,18,30H,1,8H2,2-4H3. The molecule has 1 aromatic carbocycles. The third-order valence-electron chi connectivity index (χ3n) is 4.37. The van der Waals surface area contributed by atoms with E-state index in [0.29, 0.717) is 15.9 Å². The molecule has 0 fully saturated rings. The monoisotopic (exact) mass is 476 g/mol. The number of benzene rings is 1. The first kappa shape index (κ1) is 25.2. The second-order valence-corrected chi connectivity index (χ2v) is 7.55. The Morgan fingerprint density at radius 1 is 1.31 bits per heavy atom. The summed E-state index contributed by atoms with van der Waals surface area (Å²) in [5.74, 6) is -3.08. The molecule has 12 heteroatoms. The van der Waals surface area contributed by atoms with Crippen molar-refractivity contribution in [1.29, 1.82) is 0 Å². The van der Waals surface area contributed by atoms with Crippen molar-refractivity contribution in [1.82, 2.24) is 4.90 Å². The summed E-state index contributed by atoms with van der Waals surface area (Å²) in [7, 11) is 0.950. The third kappa shape index (κ3) is 5.22. The highest BCUT2D eigenvalue weighted by Crippen LogP contribution is 2.35. The molecule has 8 nitrogen and oxygen atoms in total. The SMILES string of the molecule is C=CCOC(=O)C(C)(C)OC(=O)c1cc(N2C(=O)C=C(C(F)(F)F)N(C)C2O)ccc1Cl. The number of aliphatic hydroxyl groups is 1. The molecular weight excluding hydrogens is 457 g/mol. The first-order valence-corrected chi connectivity index (χ1v) is 9.42. The zero-order valence-corrected chi connectivity index (χ0v) is 18.0. The Kier molecular flexibility index (Phi) is 7.26. The molecule has 0 aliphatic carbocycles. The summed E-state index contributed by atoms with van der Waals surface area (Å²) in [5, 5.41) is 10.2. The summed E-state index contributed by atoms with van der Waals surface area (Å²) in [4.78, 5) is 38.1. The van der Waals surface area contributed by atoms with Crippen LogP contribution in [0.5, 0.6) is 0 Å². The largest absolute Gasteiger partial charge is 0.459 e. The maximum Gasteiger partial charge on any atom is 0.431 e. The molecule has 0 radical (unpaired) electrons. The van der Waals surface area contributed by atoms with Crippen molar-refractivity contribution in [2.24, 2.45) is 0 Å². The van der Waals surface area contributed by atoms with E-state index >= 15 is 0 Å². The summed E-state index contributed by atoms with van der Waals surface area (Å²) in [6.45, 7) is 5.86. The maximum atomic E-state index is 13.1. The Hall–Kier alpha value is -3.05. The van der Waals surface area contributed by atoms with Crippen LogP contribution < -0.4 is 4.90 Å². The lowest BCUT2D eigenvalue weighted by Gasteiger charge is -2.39. The van der Waals surface area contributed by atoms with E-state index in [1.807, 2.05) is 0 Å². The normalized spacial score (nSPS) is 17.1. The fourth-order valence-electron chi connectivity index (χ4n) is 2.70. The molecule has 0 bridgehead atoms. The molecule has 0 spiro atoms. The van der Waals surface area contributed by atoms with Gasteiger partial charge in [0.15, 0.2) is 0 Å². The van der Waals surface area contributed by atoms with Crippen LogP contribution in [-0.4, -0.2) is 59.6 Å². The van der Waals surface area contributed by atoms with Gasteiger partial charge in [-0.3, -0.25) is 9.69 Å². The second-order valence-electron chi connectivity index (χ2n) is 7.14. The number of anilines is 1. The summed E-state index contributed by atoms with van der Waals surface area (Å²) in [5.41, 5.74) is -3.46. The van der Waals surface area contributed by atoms with Gasteiger partial charge in [0.25, 0.3) is 5.91 Å². The van der Waals surface area contributed by atoms with Crippen molar-refractivity contribution in [2.75, 3.05) is 18.6 Å². The number of aliphatic hydroxyl groups excluding tert-OH is 1. The molecule has 1 aliphatic heterocycles. The number of alkyl halides is 3. The Labute approximate surface area is 186 Å². The van der Waals surface area contributed by atoms with Crippen LogP contribution in [0.15, 0.2) is 42.6 Å². The number of nitrogens with zero attached hydrogens (tertiary/aromatic N) is 2.